The van der Waals surface area contributed by atoms with Crippen molar-refractivity contribution >= 4 is 0 Å². The lowest BCUT2D eigenvalue weighted by molar-refractivity contribution is -0.00400. The van der Waals surface area contributed by atoms with Crippen LogP contribution in [0, 0.1) is 0 Å². The maximum Gasteiger partial charge on any atom is 0.0839 e. The van der Waals surface area contributed by atoms with E-state index in [1.807, 2.05) is 18.2 Å². The summed E-state index contributed by atoms with van der Waals surface area (Å²) in [5.74, 6) is 0. The summed E-state index contributed by atoms with van der Waals surface area (Å²) in [5.41, 5.74) is 1.20. The number of benzene rings is 1. The van der Waals surface area contributed by atoms with Gasteiger partial charge in [0.1, 0.15) is 0 Å². The first-order valence-electron chi connectivity index (χ1n) is 8.24. The van der Waals surface area contributed by atoms with E-state index >= 15 is 0 Å². The molecule has 0 aliphatic carbocycles. The smallest absolute Gasteiger partial charge is 0.0839 e. The van der Waals surface area contributed by atoms with Gasteiger partial charge in [-0.2, -0.15) is 0 Å². The summed E-state index contributed by atoms with van der Waals surface area (Å²) in [6, 6.07) is 10.2. The Hall–Kier alpha value is -0.900. The van der Waals surface area contributed by atoms with Crippen LogP contribution in [0.3, 0.4) is 0 Å². The highest BCUT2D eigenvalue weighted by molar-refractivity contribution is 5.13. The van der Waals surface area contributed by atoms with Crippen molar-refractivity contribution in [3.8, 4) is 0 Å². The lowest BCUT2D eigenvalue weighted by Crippen LogP contribution is -2.21. The maximum atomic E-state index is 10.0. The minimum atomic E-state index is -0.291. The lowest BCUT2D eigenvalue weighted by atomic mass is 10.0. The van der Waals surface area contributed by atoms with Crippen LogP contribution in [0.25, 0.3) is 0 Å². The molecule has 118 valence electrons. The van der Waals surface area contributed by atoms with E-state index in [2.05, 4.69) is 19.1 Å². The molecular formula is C18H28O3. The predicted octanol–water partition coefficient (Wildman–Crippen LogP) is 3.69. The Morgan fingerprint density at radius 3 is 2.76 bits per heavy atom. The molecule has 21 heavy (non-hydrogen) atoms. The van der Waals surface area contributed by atoms with Gasteiger partial charge in [0.05, 0.1) is 24.9 Å². The van der Waals surface area contributed by atoms with Crippen molar-refractivity contribution in [2.24, 2.45) is 0 Å². The third kappa shape index (κ3) is 5.77. The van der Waals surface area contributed by atoms with E-state index in [0.717, 1.165) is 32.3 Å². The summed E-state index contributed by atoms with van der Waals surface area (Å²) in [5, 5.41) is 10.0. The normalized spacial score (nSPS) is 25.3. The van der Waals surface area contributed by atoms with Crippen molar-refractivity contribution in [2.45, 2.75) is 70.4 Å². The molecule has 0 unspecified atom stereocenters. The third-order valence-electron chi connectivity index (χ3n) is 4.07. The van der Waals surface area contributed by atoms with Crippen molar-refractivity contribution in [1.82, 2.24) is 0 Å². The minimum absolute atomic E-state index is 0.00665. The molecule has 1 aliphatic heterocycles. The first kappa shape index (κ1) is 16.5. The summed E-state index contributed by atoms with van der Waals surface area (Å²) in [4.78, 5) is 0. The molecule has 1 fully saturated rings. The van der Waals surface area contributed by atoms with Crippen LogP contribution < -0.4 is 0 Å². The number of unbranched alkanes of at least 4 members (excludes halogenated alkanes) is 1. The molecule has 0 saturated carbocycles. The van der Waals surface area contributed by atoms with E-state index < -0.39 is 0 Å². The second-order valence-corrected chi connectivity index (χ2v) is 5.92. The van der Waals surface area contributed by atoms with Gasteiger partial charge in [-0.3, -0.25) is 0 Å². The Kier molecular flexibility index (Phi) is 7.20. The van der Waals surface area contributed by atoms with Crippen molar-refractivity contribution in [1.29, 1.82) is 0 Å². The number of aliphatic hydroxyl groups is 1. The standard InChI is InChI=1S/C18H28O3/c1-2-3-10-16-13-17(19)18(21-16)11-7-12-20-14-15-8-5-4-6-9-15/h4-6,8-9,16-19H,2-3,7,10-14H2,1H3/t16-,17-,18-/m0/s1. The number of rotatable bonds is 9. The van der Waals surface area contributed by atoms with Crippen molar-refractivity contribution < 1.29 is 14.6 Å². The van der Waals surface area contributed by atoms with Crippen LogP contribution in [0.5, 0.6) is 0 Å². The van der Waals surface area contributed by atoms with Crippen molar-refractivity contribution in [2.75, 3.05) is 6.61 Å². The van der Waals surface area contributed by atoms with Gasteiger partial charge in [0, 0.05) is 13.0 Å². The van der Waals surface area contributed by atoms with E-state index in [-0.39, 0.29) is 18.3 Å². The zero-order valence-electron chi connectivity index (χ0n) is 13.0. The molecule has 0 spiro atoms. The van der Waals surface area contributed by atoms with Crippen LogP contribution in [0.1, 0.15) is 51.0 Å². The Labute approximate surface area is 128 Å². The summed E-state index contributed by atoms with van der Waals surface area (Å²) in [6.45, 7) is 3.57. The van der Waals surface area contributed by atoms with Crippen molar-refractivity contribution in [3.63, 3.8) is 0 Å². The van der Waals surface area contributed by atoms with Gasteiger partial charge in [0.25, 0.3) is 0 Å². The fraction of sp³-hybridized carbons (Fsp3) is 0.667. The number of ether oxygens (including phenoxy) is 2. The van der Waals surface area contributed by atoms with Gasteiger partial charge in [0.15, 0.2) is 0 Å². The Bertz CT molecular complexity index is 379. The van der Waals surface area contributed by atoms with E-state index in [4.69, 9.17) is 9.47 Å². The largest absolute Gasteiger partial charge is 0.390 e. The molecule has 1 N–H and O–H groups in total. The summed E-state index contributed by atoms with van der Waals surface area (Å²) in [6.07, 6.45) is 6.05. The lowest BCUT2D eigenvalue weighted by Gasteiger charge is -2.15. The fourth-order valence-corrected chi connectivity index (χ4v) is 2.84. The summed E-state index contributed by atoms with van der Waals surface area (Å²) in [7, 11) is 0. The molecule has 1 aliphatic rings. The molecule has 3 heteroatoms. The quantitative estimate of drug-likeness (QED) is 0.705. The van der Waals surface area contributed by atoms with Gasteiger partial charge in [-0.1, -0.05) is 50.1 Å². The van der Waals surface area contributed by atoms with Crippen molar-refractivity contribution in [3.05, 3.63) is 35.9 Å². The minimum Gasteiger partial charge on any atom is -0.390 e. The molecule has 3 atom stereocenters. The molecule has 0 amide bonds. The molecule has 3 nitrogen and oxygen atoms in total. The van der Waals surface area contributed by atoms with Gasteiger partial charge in [-0.15, -0.1) is 0 Å². The molecule has 1 aromatic rings. The molecule has 0 bridgehead atoms. The van der Waals surface area contributed by atoms with Crippen LogP contribution in [-0.2, 0) is 16.1 Å². The predicted molar refractivity (Wildman–Crippen MR) is 84.1 cm³/mol. The fourth-order valence-electron chi connectivity index (χ4n) is 2.84. The molecule has 0 radical (unpaired) electrons. The number of hydrogen-bond acceptors (Lipinski definition) is 3. The first-order chi connectivity index (χ1) is 10.3. The van der Waals surface area contributed by atoms with E-state index in [1.165, 1.54) is 18.4 Å². The highest BCUT2D eigenvalue weighted by Gasteiger charge is 2.32. The number of hydrogen-bond donors (Lipinski definition) is 1. The Morgan fingerprint density at radius 2 is 2.00 bits per heavy atom. The first-order valence-corrected chi connectivity index (χ1v) is 8.24. The van der Waals surface area contributed by atoms with Gasteiger partial charge in [-0.05, 0) is 24.8 Å². The SMILES string of the molecule is CCCC[C@H]1C[C@H](O)[C@H](CCCOCc2ccccc2)O1. The van der Waals surface area contributed by atoms with Gasteiger partial charge in [0.2, 0.25) is 0 Å². The van der Waals surface area contributed by atoms with E-state index in [1.54, 1.807) is 0 Å². The second kappa shape index (κ2) is 9.19. The molecule has 1 heterocycles. The Morgan fingerprint density at radius 1 is 1.19 bits per heavy atom. The molecule has 1 aromatic carbocycles. The Balaban J connectivity index is 1.56. The zero-order chi connectivity index (χ0) is 14.9. The highest BCUT2D eigenvalue weighted by atomic mass is 16.5. The van der Waals surface area contributed by atoms with Crippen LogP contribution in [-0.4, -0.2) is 30.0 Å². The average Bonchev–Trinajstić information content (AvgIpc) is 2.86. The zero-order valence-corrected chi connectivity index (χ0v) is 13.0. The monoisotopic (exact) mass is 292 g/mol. The molecule has 1 saturated heterocycles. The maximum absolute atomic E-state index is 10.0. The highest BCUT2D eigenvalue weighted by Crippen LogP contribution is 2.26. The topological polar surface area (TPSA) is 38.7 Å². The van der Waals surface area contributed by atoms with E-state index in [0.29, 0.717) is 6.61 Å². The van der Waals surface area contributed by atoms with Crippen LogP contribution in [0.2, 0.25) is 0 Å². The molecule has 0 aromatic heterocycles. The van der Waals surface area contributed by atoms with Gasteiger partial charge in [-0.25, -0.2) is 0 Å². The molecule has 2 rings (SSSR count). The van der Waals surface area contributed by atoms with Crippen LogP contribution in [0.4, 0.5) is 0 Å². The van der Waals surface area contributed by atoms with Crippen LogP contribution >= 0.6 is 0 Å². The number of aliphatic hydroxyl groups excluding tert-OH is 1. The van der Waals surface area contributed by atoms with Gasteiger partial charge >= 0.3 is 0 Å². The summed E-state index contributed by atoms with van der Waals surface area (Å²) >= 11 is 0. The van der Waals surface area contributed by atoms with E-state index in [9.17, 15) is 5.11 Å². The third-order valence-corrected chi connectivity index (χ3v) is 4.07. The van der Waals surface area contributed by atoms with Gasteiger partial charge < -0.3 is 14.6 Å². The average molecular weight is 292 g/mol. The second-order valence-electron chi connectivity index (χ2n) is 5.92. The summed E-state index contributed by atoms with van der Waals surface area (Å²) < 4.78 is 11.6. The van der Waals surface area contributed by atoms with Crippen LogP contribution in [0.15, 0.2) is 30.3 Å². The molecular weight excluding hydrogens is 264 g/mol.